The number of hydrogen-bond acceptors (Lipinski definition) is 3. The van der Waals surface area contributed by atoms with Gasteiger partial charge in [0, 0.05) is 58.4 Å². The average Bonchev–Trinajstić information content (AvgIpc) is 2.76. The molecule has 0 fully saturated rings. The van der Waals surface area contributed by atoms with Gasteiger partial charge >= 0.3 is 0 Å². The SMILES string of the molecule is CN(C)c1cccc2ccc(Cc3ccc4cccc5c4c3N(C)C[N+]5(C)C)c(N(C)C)c12. The molecule has 0 radical (unpaired) electrons. The number of rotatable bonds is 4. The monoisotopic (exact) mass is 439 g/mol. The van der Waals surface area contributed by atoms with Gasteiger partial charge in [-0.25, -0.2) is 0 Å². The second kappa shape index (κ2) is 7.67. The molecule has 5 rings (SSSR count). The first-order valence-corrected chi connectivity index (χ1v) is 11.7. The van der Waals surface area contributed by atoms with Gasteiger partial charge in [0.05, 0.1) is 25.2 Å². The molecule has 170 valence electrons. The number of quaternary nitrogens is 1. The number of anilines is 3. The molecule has 4 heteroatoms. The van der Waals surface area contributed by atoms with Crippen molar-refractivity contribution < 1.29 is 0 Å². The fourth-order valence-corrected chi connectivity index (χ4v) is 5.76. The van der Waals surface area contributed by atoms with Crippen molar-refractivity contribution in [2.75, 3.05) is 70.7 Å². The van der Waals surface area contributed by atoms with E-state index < -0.39 is 0 Å². The lowest BCUT2D eigenvalue weighted by Crippen LogP contribution is -2.51. The molecule has 0 aliphatic carbocycles. The van der Waals surface area contributed by atoms with Crippen molar-refractivity contribution >= 4 is 44.3 Å². The van der Waals surface area contributed by atoms with Crippen LogP contribution in [-0.2, 0) is 6.42 Å². The van der Waals surface area contributed by atoms with E-state index in [0.29, 0.717) is 0 Å². The Labute approximate surface area is 197 Å². The maximum atomic E-state index is 2.45. The van der Waals surface area contributed by atoms with E-state index >= 15 is 0 Å². The quantitative estimate of drug-likeness (QED) is 0.378. The van der Waals surface area contributed by atoms with Crippen LogP contribution in [-0.4, -0.2) is 56.0 Å². The van der Waals surface area contributed by atoms with Gasteiger partial charge in [-0.1, -0.05) is 48.5 Å². The molecule has 0 saturated heterocycles. The number of hydrogen-bond donors (Lipinski definition) is 0. The molecular weight excluding hydrogens is 404 g/mol. The van der Waals surface area contributed by atoms with Crippen LogP contribution in [0.2, 0.25) is 0 Å². The molecule has 0 N–H and O–H groups in total. The first kappa shape index (κ1) is 21.6. The maximum absolute atomic E-state index is 2.45. The summed E-state index contributed by atoms with van der Waals surface area (Å²) in [6, 6.07) is 22.6. The minimum Gasteiger partial charge on any atom is -0.377 e. The van der Waals surface area contributed by atoms with E-state index in [1.807, 2.05) is 0 Å². The molecule has 4 aromatic carbocycles. The van der Waals surface area contributed by atoms with Crippen molar-refractivity contribution in [1.29, 1.82) is 0 Å². The van der Waals surface area contributed by atoms with Crippen LogP contribution in [0.4, 0.5) is 22.7 Å². The minimum absolute atomic E-state index is 0.870. The summed E-state index contributed by atoms with van der Waals surface area (Å²) in [4.78, 5) is 6.96. The summed E-state index contributed by atoms with van der Waals surface area (Å²) in [7, 11) is 15.4. The molecule has 1 aliphatic heterocycles. The molecule has 0 amide bonds. The molecule has 4 nitrogen and oxygen atoms in total. The molecular formula is C29H35N4+. The third-order valence-electron chi connectivity index (χ3n) is 7.07. The fraction of sp³-hybridized carbons (Fsp3) is 0.310. The first-order valence-electron chi connectivity index (χ1n) is 11.7. The van der Waals surface area contributed by atoms with Crippen molar-refractivity contribution in [2.24, 2.45) is 0 Å². The summed E-state index contributed by atoms with van der Waals surface area (Å²) >= 11 is 0. The van der Waals surface area contributed by atoms with E-state index in [2.05, 4.69) is 125 Å². The Morgan fingerprint density at radius 3 is 2.06 bits per heavy atom. The van der Waals surface area contributed by atoms with Crippen molar-refractivity contribution in [2.45, 2.75) is 6.42 Å². The summed E-state index contributed by atoms with van der Waals surface area (Å²) in [6.45, 7) is 0.964. The Hall–Kier alpha value is -3.24. The van der Waals surface area contributed by atoms with Gasteiger partial charge < -0.3 is 14.7 Å². The van der Waals surface area contributed by atoms with E-state index in [9.17, 15) is 0 Å². The van der Waals surface area contributed by atoms with Gasteiger partial charge in [-0.2, -0.15) is 0 Å². The van der Waals surface area contributed by atoms with Crippen LogP contribution in [0.25, 0.3) is 21.5 Å². The van der Waals surface area contributed by atoms with Gasteiger partial charge in [0.25, 0.3) is 0 Å². The largest absolute Gasteiger partial charge is 0.377 e. The van der Waals surface area contributed by atoms with Gasteiger partial charge in [-0.05, 0) is 34.0 Å². The van der Waals surface area contributed by atoms with Crippen LogP contribution < -0.4 is 19.2 Å². The molecule has 0 atom stereocenters. The van der Waals surface area contributed by atoms with Crippen LogP contribution in [0, 0.1) is 0 Å². The topological polar surface area (TPSA) is 9.72 Å². The molecule has 0 saturated carbocycles. The van der Waals surface area contributed by atoms with E-state index in [0.717, 1.165) is 17.6 Å². The summed E-state index contributed by atoms with van der Waals surface area (Å²) in [5.41, 5.74) is 8.11. The smallest absolute Gasteiger partial charge is 0.158 e. The van der Waals surface area contributed by atoms with Gasteiger partial charge in [0.15, 0.2) is 6.67 Å². The predicted molar refractivity (Wildman–Crippen MR) is 146 cm³/mol. The normalized spacial score (nSPS) is 14.7. The third kappa shape index (κ3) is 3.41. The fourth-order valence-electron chi connectivity index (χ4n) is 5.76. The Balaban J connectivity index is 1.75. The Kier molecular flexibility index (Phi) is 5.02. The lowest BCUT2D eigenvalue weighted by atomic mass is 9.92. The Bertz CT molecular complexity index is 1320. The highest BCUT2D eigenvalue weighted by Gasteiger charge is 2.32. The predicted octanol–water partition coefficient (Wildman–Crippen LogP) is 5.69. The zero-order valence-corrected chi connectivity index (χ0v) is 21.0. The Morgan fingerprint density at radius 1 is 0.758 bits per heavy atom. The van der Waals surface area contributed by atoms with Crippen molar-refractivity contribution in [1.82, 2.24) is 4.48 Å². The second-order valence-electron chi connectivity index (χ2n) is 10.4. The average molecular weight is 440 g/mol. The number of benzene rings is 4. The van der Waals surface area contributed by atoms with Gasteiger partial charge in [-0.3, -0.25) is 4.48 Å². The van der Waals surface area contributed by atoms with Crippen molar-refractivity contribution in [3.63, 3.8) is 0 Å². The van der Waals surface area contributed by atoms with Crippen molar-refractivity contribution in [3.8, 4) is 0 Å². The van der Waals surface area contributed by atoms with Crippen LogP contribution in [0.1, 0.15) is 11.1 Å². The molecule has 0 spiro atoms. The highest BCUT2D eigenvalue weighted by Crippen LogP contribution is 2.44. The molecule has 33 heavy (non-hydrogen) atoms. The van der Waals surface area contributed by atoms with Crippen LogP contribution in [0.5, 0.6) is 0 Å². The first-order chi connectivity index (χ1) is 15.7. The zero-order valence-electron chi connectivity index (χ0n) is 21.0. The minimum atomic E-state index is 0.870. The standard InChI is InChI=1S/C29H35N4/c1-30(2)24-12-8-10-20-14-16-22(28(26(20)24)31(3)4)18-23-17-15-21-11-9-13-25-27(21)29(23)32(5)19-33(25,6)7/h8-17H,18-19H2,1-7H3/q+1. The maximum Gasteiger partial charge on any atom is 0.158 e. The molecule has 0 aromatic heterocycles. The molecule has 1 aliphatic rings. The summed E-state index contributed by atoms with van der Waals surface area (Å²) < 4.78 is 0.870. The highest BCUT2D eigenvalue weighted by molar-refractivity contribution is 6.07. The summed E-state index contributed by atoms with van der Waals surface area (Å²) in [5, 5.41) is 5.33. The van der Waals surface area contributed by atoms with Crippen LogP contribution in [0.3, 0.4) is 0 Å². The molecule has 0 bridgehead atoms. The van der Waals surface area contributed by atoms with Crippen LogP contribution in [0.15, 0.2) is 60.7 Å². The van der Waals surface area contributed by atoms with Gasteiger partial charge in [-0.15, -0.1) is 0 Å². The highest BCUT2D eigenvalue weighted by atomic mass is 15.4. The summed E-state index contributed by atoms with van der Waals surface area (Å²) in [6.07, 6.45) is 0.905. The lowest BCUT2D eigenvalue weighted by molar-refractivity contribution is 0.398. The van der Waals surface area contributed by atoms with E-state index in [1.54, 1.807) is 0 Å². The van der Waals surface area contributed by atoms with Crippen molar-refractivity contribution in [3.05, 3.63) is 71.8 Å². The van der Waals surface area contributed by atoms with Gasteiger partial charge in [0.2, 0.25) is 0 Å². The second-order valence-corrected chi connectivity index (χ2v) is 10.4. The lowest BCUT2D eigenvalue weighted by Gasteiger charge is -2.40. The molecule has 1 heterocycles. The summed E-state index contributed by atoms with van der Waals surface area (Å²) in [5.74, 6) is 0. The zero-order chi connectivity index (χ0) is 23.5. The molecule has 0 unspecified atom stereocenters. The number of nitrogens with zero attached hydrogens (tertiary/aromatic N) is 4. The van der Waals surface area contributed by atoms with E-state index in [-0.39, 0.29) is 0 Å². The van der Waals surface area contributed by atoms with Gasteiger partial charge in [0.1, 0.15) is 5.69 Å². The third-order valence-corrected chi connectivity index (χ3v) is 7.07. The number of fused-ring (bicyclic) bond motifs is 1. The Morgan fingerprint density at radius 2 is 1.39 bits per heavy atom. The van der Waals surface area contributed by atoms with E-state index in [4.69, 9.17) is 0 Å². The van der Waals surface area contributed by atoms with Crippen LogP contribution >= 0.6 is 0 Å². The molecule has 4 aromatic rings. The van der Waals surface area contributed by atoms with E-state index in [1.165, 1.54) is 55.4 Å².